The summed E-state index contributed by atoms with van der Waals surface area (Å²) < 4.78 is 18.4. The Balaban J connectivity index is 2.01. The molecule has 0 heterocycles. The highest BCUT2D eigenvalue weighted by atomic mass is 79.9. The van der Waals surface area contributed by atoms with Gasteiger partial charge in [-0.05, 0) is 46.3 Å². The molecule has 0 unspecified atom stereocenters. The van der Waals surface area contributed by atoms with E-state index in [1.807, 2.05) is 0 Å². The zero-order chi connectivity index (χ0) is 17.9. The van der Waals surface area contributed by atoms with Gasteiger partial charge >= 0.3 is 5.97 Å². The highest BCUT2D eigenvalue weighted by molar-refractivity contribution is 9.10. The Kier molecular flexibility index (Phi) is 6.46. The standard InChI is InChI=1S/C15H8BrCl3FNO3/c16-10-2-1-8(20)5-9(10)15(23)24-6-13(22)21-14-11(18)3-7(17)4-12(14)19/h1-5H,6H2,(H,21,22). The molecule has 0 aromatic heterocycles. The van der Waals surface area contributed by atoms with Crippen LogP contribution in [-0.4, -0.2) is 18.5 Å². The van der Waals surface area contributed by atoms with Crippen molar-refractivity contribution in [3.63, 3.8) is 0 Å². The van der Waals surface area contributed by atoms with Crippen molar-refractivity contribution in [2.45, 2.75) is 0 Å². The molecular weight excluding hydrogens is 447 g/mol. The van der Waals surface area contributed by atoms with Crippen LogP contribution in [0.3, 0.4) is 0 Å². The van der Waals surface area contributed by atoms with Crippen molar-refractivity contribution >= 4 is 68.3 Å². The summed E-state index contributed by atoms with van der Waals surface area (Å²) in [7, 11) is 0. The number of ether oxygens (including phenoxy) is 1. The zero-order valence-corrected chi connectivity index (χ0v) is 15.6. The topological polar surface area (TPSA) is 55.4 Å². The van der Waals surface area contributed by atoms with E-state index >= 15 is 0 Å². The Hall–Kier alpha value is -1.34. The normalized spacial score (nSPS) is 10.4. The van der Waals surface area contributed by atoms with E-state index in [9.17, 15) is 14.0 Å². The summed E-state index contributed by atoms with van der Waals surface area (Å²) in [5.74, 6) is -2.12. The predicted molar refractivity (Wildman–Crippen MR) is 94.5 cm³/mol. The van der Waals surface area contributed by atoms with E-state index in [1.165, 1.54) is 24.3 Å². The van der Waals surface area contributed by atoms with Crippen molar-refractivity contribution in [2.24, 2.45) is 0 Å². The molecule has 2 rings (SSSR count). The molecule has 0 fully saturated rings. The van der Waals surface area contributed by atoms with Gasteiger partial charge in [0.05, 0.1) is 21.3 Å². The number of carbonyl (C=O) groups excluding carboxylic acids is 2. The van der Waals surface area contributed by atoms with Gasteiger partial charge in [-0.25, -0.2) is 9.18 Å². The zero-order valence-electron chi connectivity index (χ0n) is 11.7. The summed E-state index contributed by atoms with van der Waals surface area (Å²) in [5, 5.41) is 3.00. The average Bonchev–Trinajstić information content (AvgIpc) is 2.50. The van der Waals surface area contributed by atoms with Gasteiger partial charge in [-0.3, -0.25) is 4.79 Å². The second kappa shape index (κ2) is 8.16. The number of halogens is 5. The van der Waals surface area contributed by atoms with Crippen LogP contribution in [0.25, 0.3) is 0 Å². The lowest BCUT2D eigenvalue weighted by atomic mass is 10.2. The van der Waals surface area contributed by atoms with Crippen molar-refractivity contribution in [2.75, 3.05) is 11.9 Å². The summed E-state index contributed by atoms with van der Waals surface area (Å²) in [6.45, 7) is -0.600. The van der Waals surface area contributed by atoms with Gasteiger partial charge in [0.25, 0.3) is 5.91 Å². The number of carbonyl (C=O) groups is 2. The molecular formula is C15H8BrCl3FNO3. The Bertz CT molecular complexity index is 794. The quantitative estimate of drug-likeness (QED) is 0.633. The van der Waals surface area contributed by atoms with E-state index in [1.54, 1.807) is 0 Å². The number of benzene rings is 2. The maximum atomic E-state index is 13.2. The first-order valence-electron chi connectivity index (χ1n) is 6.34. The highest BCUT2D eigenvalue weighted by Gasteiger charge is 2.16. The lowest BCUT2D eigenvalue weighted by Gasteiger charge is -2.10. The third kappa shape index (κ3) is 4.83. The lowest BCUT2D eigenvalue weighted by Crippen LogP contribution is -2.21. The molecule has 0 saturated heterocycles. The maximum absolute atomic E-state index is 13.2. The summed E-state index contributed by atoms with van der Waals surface area (Å²) in [6.07, 6.45) is 0. The fourth-order valence-corrected chi connectivity index (χ4v) is 3.02. The third-order valence-corrected chi connectivity index (χ3v) is 4.26. The minimum atomic E-state index is -0.857. The third-order valence-electron chi connectivity index (χ3n) is 2.75. The van der Waals surface area contributed by atoms with Gasteiger partial charge in [-0.1, -0.05) is 34.8 Å². The van der Waals surface area contributed by atoms with Gasteiger partial charge in [0.15, 0.2) is 6.61 Å². The molecule has 4 nitrogen and oxygen atoms in total. The SMILES string of the molecule is O=C(COC(=O)c1cc(F)ccc1Br)Nc1c(Cl)cc(Cl)cc1Cl. The average molecular weight is 455 g/mol. The Morgan fingerprint density at radius 1 is 1.12 bits per heavy atom. The van der Waals surface area contributed by atoms with Gasteiger partial charge in [-0.2, -0.15) is 0 Å². The number of rotatable bonds is 4. The molecule has 1 amide bonds. The van der Waals surface area contributed by atoms with Crippen molar-refractivity contribution in [1.82, 2.24) is 0 Å². The van der Waals surface area contributed by atoms with Gasteiger partial charge in [0.1, 0.15) is 5.82 Å². The minimum absolute atomic E-state index is 0.0367. The fraction of sp³-hybridized carbons (Fsp3) is 0.0667. The first-order valence-corrected chi connectivity index (χ1v) is 8.27. The molecule has 0 aliphatic rings. The van der Waals surface area contributed by atoms with Crippen LogP contribution < -0.4 is 5.32 Å². The highest BCUT2D eigenvalue weighted by Crippen LogP contribution is 2.33. The van der Waals surface area contributed by atoms with Crippen molar-refractivity contribution in [1.29, 1.82) is 0 Å². The van der Waals surface area contributed by atoms with Gasteiger partial charge in [-0.15, -0.1) is 0 Å². The van der Waals surface area contributed by atoms with Crippen LogP contribution in [0.15, 0.2) is 34.8 Å². The minimum Gasteiger partial charge on any atom is -0.452 e. The summed E-state index contributed by atoms with van der Waals surface area (Å²) in [5.41, 5.74) is 0.112. The molecule has 0 aliphatic heterocycles. The van der Waals surface area contributed by atoms with E-state index in [2.05, 4.69) is 21.2 Å². The Labute approximate surface area is 160 Å². The van der Waals surface area contributed by atoms with Crippen molar-refractivity contribution in [3.8, 4) is 0 Å². The molecule has 9 heteroatoms. The van der Waals surface area contributed by atoms with Crippen LogP contribution in [0.5, 0.6) is 0 Å². The molecule has 0 radical (unpaired) electrons. The fourth-order valence-electron chi connectivity index (χ4n) is 1.70. The molecule has 0 spiro atoms. The number of nitrogens with one attached hydrogen (secondary N) is 1. The van der Waals surface area contributed by atoms with Gasteiger partial charge in [0.2, 0.25) is 0 Å². The largest absolute Gasteiger partial charge is 0.452 e. The van der Waals surface area contributed by atoms with E-state index in [-0.39, 0.29) is 21.3 Å². The van der Waals surface area contributed by atoms with Gasteiger partial charge in [0, 0.05) is 9.50 Å². The van der Waals surface area contributed by atoms with Crippen LogP contribution in [0.2, 0.25) is 15.1 Å². The first kappa shape index (κ1) is 19.0. The van der Waals surface area contributed by atoms with Crippen molar-refractivity contribution in [3.05, 3.63) is 61.3 Å². The second-order valence-corrected chi connectivity index (χ2v) is 6.60. The Morgan fingerprint density at radius 2 is 1.75 bits per heavy atom. The molecule has 2 aromatic rings. The summed E-state index contributed by atoms with van der Waals surface area (Å²) >= 11 is 20.7. The maximum Gasteiger partial charge on any atom is 0.339 e. The first-order chi connectivity index (χ1) is 11.3. The molecule has 0 saturated carbocycles. The van der Waals surface area contributed by atoms with E-state index < -0.39 is 24.3 Å². The number of esters is 1. The smallest absolute Gasteiger partial charge is 0.339 e. The number of hydrogen-bond donors (Lipinski definition) is 1. The molecule has 0 atom stereocenters. The van der Waals surface area contributed by atoms with Crippen LogP contribution >= 0.6 is 50.7 Å². The number of anilines is 1. The summed E-state index contributed by atoms with van der Waals surface area (Å²) in [4.78, 5) is 23.7. The van der Waals surface area contributed by atoms with E-state index in [0.717, 1.165) is 6.07 Å². The molecule has 24 heavy (non-hydrogen) atoms. The van der Waals surface area contributed by atoms with Gasteiger partial charge < -0.3 is 10.1 Å². The monoisotopic (exact) mass is 453 g/mol. The molecule has 0 aliphatic carbocycles. The molecule has 0 bridgehead atoms. The van der Waals surface area contributed by atoms with Crippen LogP contribution in [0.4, 0.5) is 10.1 Å². The van der Waals surface area contributed by atoms with E-state index in [0.29, 0.717) is 9.50 Å². The van der Waals surface area contributed by atoms with Crippen molar-refractivity contribution < 1.29 is 18.7 Å². The summed E-state index contributed by atoms with van der Waals surface area (Å²) in [6, 6.07) is 6.34. The van der Waals surface area contributed by atoms with Crippen LogP contribution in [-0.2, 0) is 9.53 Å². The molecule has 2 aromatic carbocycles. The number of amides is 1. The lowest BCUT2D eigenvalue weighted by molar-refractivity contribution is -0.119. The predicted octanol–water partition coefficient (Wildman–Crippen LogP) is 5.34. The van der Waals surface area contributed by atoms with Crippen LogP contribution in [0.1, 0.15) is 10.4 Å². The van der Waals surface area contributed by atoms with Crippen LogP contribution in [0, 0.1) is 5.82 Å². The van der Waals surface area contributed by atoms with E-state index in [4.69, 9.17) is 39.5 Å². The molecule has 126 valence electrons. The number of hydrogen-bond acceptors (Lipinski definition) is 3. The Morgan fingerprint density at radius 3 is 2.38 bits per heavy atom. The second-order valence-electron chi connectivity index (χ2n) is 4.49. The molecule has 1 N–H and O–H groups in total.